The van der Waals surface area contributed by atoms with Crippen molar-refractivity contribution < 1.29 is 23.0 Å². The third-order valence-electron chi connectivity index (χ3n) is 6.05. The van der Waals surface area contributed by atoms with E-state index in [1.165, 1.54) is 19.1 Å². The number of anilines is 2. The molecule has 1 aliphatic rings. The van der Waals surface area contributed by atoms with Gasteiger partial charge in [0.2, 0.25) is 0 Å². The molecule has 1 aliphatic heterocycles. The van der Waals surface area contributed by atoms with Crippen molar-refractivity contribution in [1.82, 2.24) is 14.8 Å². The smallest absolute Gasteiger partial charge is 0.329 e. The Morgan fingerprint density at radius 2 is 1.86 bits per heavy atom. The Hall–Kier alpha value is -4.22. The fourth-order valence-corrected chi connectivity index (χ4v) is 4.31. The molecule has 1 aromatic carbocycles. The third-order valence-corrected chi connectivity index (χ3v) is 6.05. The molecule has 3 aromatic rings. The van der Waals surface area contributed by atoms with Crippen LogP contribution in [0.15, 0.2) is 36.7 Å². The lowest BCUT2D eigenvalue weighted by Gasteiger charge is -2.37. The number of hydrogen-bond acceptors (Lipinski definition) is 6. The van der Waals surface area contributed by atoms with Crippen molar-refractivity contribution in [2.75, 3.05) is 24.0 Å². The maximum atomic E-state index is 15.4. The third kappa shape index (κ3) is 4.78. The molecule has 2 amide bonds. The molecule has 4 rings (SSSR count). The molecule has 0 unspecified atom stereocenters. The number of urea groups is 1. The lowest BCUT2D eigenvalue weighted by atomic mass is 9.79. The van der Waals surface area contributed by atoms with E-state index < -0.39 is 23.4 Å². The van der Waals surface area contributed by atoms with Crippen LogP contribution in [0.25, 0.3) is 5.57 Å². The van der Waals surface area contributed by atoms with E-state index in [1.54, 1.807) is 43.3 Å². The number of allylic oxidation sites excluding steroid dienone is 1. The summed E-state index contributed by atoms with van der Waals surface area (Å²) in [5.41, 5.74) is 2.78. The summed E-state index contributed by atoms with van der Waals surface area (Å²) in [4.78, 5) is 20.8. The van der Waals surface area contributed by atoms with Gasteiger partial charge in [0.05, 0.1) is 44.9 Å². The predicted molar refractivity (Wildman–Crippen MR) is 139 cm³/mol. The highest BCUT2D eigenvalue weighted by atomic mass is 19.1. The second-order valence-corrected chi connectivity index (χ2v) is 8.58. The van der Waals surface area contributed by atoms with Gasteiger partial charge in [-0.05, 0) is 13.0 Å². The van der Waals surface area contributed by atoms with Gasteiger partial charge in [-0.15, -0.1) is 5.98 Å². The highest BCUT2D eigenvalue weighted by molar-refractivity contribution is 6.45. The number of rotatable bonds is 8. The van der Waals surface area contributed by atoms with Crippen molar-refractivity contribution in [3.05, 3.63) is 65.2 Å². The summed E-state index contributed by atoms with van der Waals surface area (Å²) in [5.74, 6) is -0.649. The molecule has 0 spiro atoms. The first kappa shape index (κ1) is 25.9. The molecule has 0 bridgehead atoms. The first-order valence-corrected chi connectivity index (χ1v) is 11.6. The molecule has 0 atom stereocenters. The Bertz CT molecular complexity index is 1380. The van der Waals surface area contributed by atoms with Gasteiger partial charge in [-0.2, -0.15) is 5.10 Å². The number of fused-ring (bicyclic) bond motifs is 1. The molecule has 1 N–H and O–H groups in total. The van der Waals surface area contributed by atoms with E-state index in [2.05, 4.69) is 10.1 Å². The van der Waals surface area contributed by atoms with Crippen molar-refractivity contribution in [3.63, 3.8) is 0 Å². The average Bonchev–Trinajstić information content (AvgIpc) is 3.29. The Morgan fingerprint density at radius 3 is 2.41 bits per heavy atom. The number of benzene rings is 1. The quantitative estimate of drug-likeness (QED) is 0.365. The average molecular weight is 508 g/mol. The number of nitrogens with zero attached hydrogens (tertiary/aromatic N) is 5. The van der Waals surface area contributed by atoms with Crippen molar-refractivity contribution in [3.8, 4) is 11.5 Å². The Labute approximate surface area is 214 Å². The van der Waals surface area contributed by atoms with E-state index in [1.807, 2.05) is 12.8 Å². The molecule has 0 saturated heterocycles. The van der Waals surface area contributed by atoms with Gasteiger partial charge >= 0.3 is 6.03 Å². The zero-order valence-corrected chi connectivity index (χ0v) is 21.3. The second kappa shape index (κ2) is 10.4. The molecule has 37 heavy (non-hydrogen) atoms. The topological polar surface area (TPSA) is 96.6 Å². The lowest BCUT2D eigenvalue weighted by molar-refractivity contribution is 0.249. The van der Waals surface area contributed by atoms with Crippen molar-refractivity contribution in [2.24, 2.45) is 7.05 Å². The molecular weight excluding hydrogens is 481 g/mol. The summed E-state index contributed by atoms with van der Waals surface area (Å²) in [6.45, 7) is 3.60. The Kier molecular flexibility index (Phi) is 7.28. The summed E-state index contributed by atoms with van der Waals surface area (Å²) in [6.07, 6.45) is 4.95. The summed E-state index contributed by atoms with van der Waals surface area (Å²) >= 11 is 0. The van der Waals surface area contributed by atoms with Gasteiger partial charge in [0.1, 0.15) is 13.0 Å². The number of carbonyl (C=O) groups excluding carboxylic acids is 1. The maximum absolute atomic E-state index is 15.4. The van der Waals surface area contributed by atoms with Crippen molar-refractivity contribution in [1.29, 1.82) is 5.41 Å². The van der Waals surface area contributed by atoms with Crippen LogP contribution in [0.1, 0.15) is 23.7 Å². The first-order chi connectivity index (χ1) is 17.7. The normalized spacial score (nSPS) is 13.5. The fraction of sp³-hybridized carbons (Fsp3) is 0.280. The van der Waals surface area contributed by atoms with Crippen LogP contribution in [0, 0.1) is 17.0 Å². The van der Waals surface area contributed by atoms with Gasteiger partial charge in [0.25, 0.3) is 0 Å². The lowest BCUT2D eigenvalue weighted by Crippen LogP contribution is -2.47. The van der Waals surface area contributed by atoms with Crippen molar-refractivity contribution in [2.45, 2.75) is 26.8 Å². The van der Waals surface area contributed by atoms with Crippen LogP contribution in [0.3, 0.4) is 0 Å². The van der Waals surface area contributed by atoms with Crippen LogP contribution in [0.2, 0.25) is 6.82 Å². The van der Waals surface area contributed by atoms with E-state index in [0.717, 1.165) is 16.5 Å². The maximum Gasteiger partial charge on any atom is 0.329 e. The minimum atomic E-state index is -1.02. The predicted octanol–water partition coefficient (Wildman–Crippen LogP) is 4.12. The zero-order chi connectivity index (χ0) is 26.9. The van der Waals surface area contributed by atoms with E-state index in [0.29, 0.717) is 35.5 Å². The molecule has 192 valence electrons. The number of pyridine rings is 1. The number of hydrogen-bond donors (Lipinski definition) is 1. The van der Waals surface area contributed by atoms with E-state index in [9.17, 15) is 4.79 Å². The zero-order valence-electron chi connectivity index (χ0n) is 21.3. The van der Waals surface area contributed by atoms with Gasteiger partial charge in [0.15, 0.2) is 23.1 Å². The van der Waals surface area contributed by atoms with Crippen LogP contribution < -0.4 is 19.3 Å². The summed E-state index contributed by atoms with van der Waals surface area (Å²) in [7, 11) is 4.96. The number of carbonyl (C=O) groups is 1. The van der Waals surface area contributed by atoms with Gasteiger partial charge in [-0.3, -0.25) is 19.5 Å². The number of aryl methyl sites for hydroxylation is 1. The van der Waals surface area contributed by atoms with E-state index >= 15 is 8.78 Å². The molecule has 12 heteroatoms. The Morgan fingerprint density at radius 1 is 1.19 bits per heavy atom. The molecule has 2 aromatic heterocycles. The summed E-state index contributed by atoms with van der Waals surface area (Å²) < 4.78 is 42.5. The number of amides is 2. The van der Waals surface area contributed by atoms with Crippen molar-refractivity contribution >= 4 is 36.0 Å². The fourth-order valence-electron chi connectivity index (χ4n) is 4.31. The highest BCUT2D eigenvalue weighted by Gasteiger charge is 2.37. The minimum Gasteiger partial charge on any atom is -0.493 e. The van der Waals surface area contributed by atoms with Crippen LogP contribution in [-0.4, -0.2) is 48.0 Å². The van der Waals surface area contributed by atoms with Crippen LogP contribution in [-0.2, 0) is 20.1 Å². The molecule has 3 heterocycles. The Balaban J connectivity index is 1.89. The number of methoxy groups -OCH3 is 2. The molecular formula is C25H27BF2N6O3. The number of ether oxygens (including phenoxy) is 2. The number of nitrogens with one attached hydrogen (secondary N) is 1. The largest absolute Gasteiger partial charge is 0.493 e. The molecule has 0 saturated carbocycles. The van der Waals surface area contributed by atoms with Gasteiger partial charge < -0.3 is 14.9 Å². The minimum absolute atomic E-state index is 0.0976. The van der Waals surface area contributed by atoms with E-state index in [4.69, 9.17) is 14.9 Å². The standard InChI is InChI=1S/C25H27BF2N6O3/c1-14(29)17(8-26-2)18-6-19-16(10-30-18)13-34(25(35)33(19)12-15-9-31-32(3)11-15)24-22(27)20(36-4)7-21(37-5)23(24)28/h6-11,26,29H,12-13H2,1-5H3/b17-8+,29-14?. The second-order valence-electron chi connectivity index (χ2n) is 8.58. The summed E-state index contributed by atoms with van der Waals surface area (Å²) in [5, 5.41) is 12.3. The molecule has 0 radical (unpaired) electrons. The van der Waals surface area contributed by atoms with Gasteiger partial charge in [-0.25, -0.2) is 13.6 Å². The highest BCUT2D eigenvalue weighted by Crippen LogP contribution is 2.41. The van der Waals surface area contributed by atoms with Crippen LogP contribution in [0.5, 0.6) is 11.5 Å². The van der Waals surface area contributed by atoms with Crippen LogP contribution in [0.4, 0.5) is 25.0 Å². The number of aromatic nitrogens is 3. The molecule has 9 nitrogen and oxygen atoms in total. The van der Waals surface area contributed by atoms with Gasteiger partial charge in [-0.1, -0.05) is 6.82 Å². The van der Waals surface area contributed by atoms with Gasteiger partial charge in [0, 0.05) is 47.9 Å². The van der Waals surface area contributed by atoms with E-state index in [-0.39, 0.29) is 24.6 Å². The number of halogens is 2. The molecule has 0 aliphatic carbocycles. The molecule has 0 fully saturated rings. The monoisotopic (exact) mass is 508 g/mol. The first-order valence-electron chi connectivity index (χ1n) is 11.6. The SMILES string of the molecule is CB/C=C(\C(C)=N)c1cc2c(cn1)CN(c1c(F)c(OC)cc(OC)c1F)C(=O)N2Cc1cnn(C)c1. The van der Waals surface area contributed by atoms with Crippen LogP contribution >= 0.6 is 0 Å². The summed E-state index contributed by atoms with van der Waals surface area (Å²) in [6, 6.07) is 2.19.